The fourth-order valence-corrected chi connectivity index (χ4v) is 1.97. The van der Waals surface area contributed by atoms with Crippen molar-refractivity contribution in [3.05, 3.63) is 23.8 Å². The van der Waals surface area contributed by atoms with Crippen LogP contribution in [0.15, 0.2) is 18.2 Å². The van der Waals surface area contributed by atoms with Crippen LogP contribution in [0.2, 0.25) is 0 Å². The van der Waals surface area contributed by atoms with Crippen molar-refractivity contribution in [2.75, 3.05) is 17.7 Å². The normalized spacial score (nSPS) is 23.6. The van der Waals surface area contributed by atoms with Crippen LogP contribution in [0.1, 0.15) is 25.3 Å². The summed E-state index contributed by atoms with van der Waals surface area (Å²) in [5, 5.41) is 2.87. The maximum atomic E-state index is 12.1. The fourth-order valence-electron chi connectivity index (χ4n) is 1.97. The van der Waals surface area contributed by atoms with Crippen molar-refractivity contribution in [3.8, 4) is 0 Å². The summed E-state index contributed by atoms with van der Waals surface area (Å²) in [5.41, 5.74) is 7.49. The lowest BCUT2D eigenvalue weighted by Crippen LogP contribution is -2.39. The number of nitrogens with two attached hydrogens (primary N) is 1. The molecule has 17 heavy (non-hydrogen) atoms. The summed E-state index contributed by atoms with van der Waals surface area (Å²) in [5.74, 6) is -0.0841. The Kier molecular flexibility index (Phi) is 3.07. The average Bonchev–Trinajstić information content (AvgIpc) is 2.72. The van der Waals surface area contributed by atoms with Crippen LogP contribution in [0.3, 0.4) is 0 Å². The molecule has 1 aromatic rings. The van der Waals surface area contributed by atoms with Crippen LogP contribution in [-0.4, -0.2) is 18.1 Å². The molecule has 4 nitrogen and oxygen atoms in total. The Morgan fingerprint density at radius 1 is 1.53 bits per heavy atom. The minimum Gasteiger partial charge on any atom is -0.399 e. The second kappa shape index (κ2) is 4.37. The molecule has 0 aromatic heterocycles. The van der Waals surface area contributed by atoms with E-state index in [0.29, 0.717) is 6.61 Å². The number of benzene rings is 1. The zero-order valence-corrected chi connectivity index (χ0v) is 10.2. The molecular formula is C13H18N2O2. The molecule has 1 saturated heterocycles. The van der Waals surface area contributed by atoms with E-state index in [1.807, 2.05) is 19.9 Å². The van der Waals surface area contributed by atoms with Crippen molar-refractivity contribution >= 4 is 17.3 Å². The standard InChI is InChI=1S/C13H18N2O2/c1-9-8-10(4-5-11(9)14)15-12(16)13(2)6-3-7-17-13/h4-5,8H,3,6-7,14H2,1-2H3,(H,15,16). The van der Waals surface area contributed by atoms with Crippen molar-refractivity contribution in [3.63, 3.8) is 0 Å². The zero-order valence-electron chi connectivity index (χ0n) is 10.2. The first-order chi connectivity index (χ1) is 8.01. The fraction of sp³-hybridized carbons (Fsp3) is 0.462. The molecule has 1 fully saturated rings. The second-order valence-electron chi connectivity index (χ2n) is 4.71. The van der Waals surface area contributed by atoms with Gasteiger partial charge >= 0.3 is 0 Å². The highest BCUT2D eigenvalue weighted by atomic mass is 16.5. The number of hydrogen-bond acceptors (Lipinski definition) is 3. The van der Waals surface area contributed by atoms with Gasteiger partial charge in [-0.2, -0.15) is 0 Å². The molecule has 1 atom stereocenters. The first kappa shape index (κ1) is 11.9. The van der Waals surface area contributed by atoms with E-state index in [1.165, 1.54) is 0 Å². The lowest BCUT2D eigenvalue weighted by molar-refractivity contribution is -0.133. The number of carbonyl (C=O) groups is 1. The predicted octanol–water partition coefficient (Wildman–Crippen LogP) is 2.08. The molecule has 1 aromatic carbocycles. The first-order valence-electron chi connectivity index (χ1n) is 5.83. The number of rotatable bonds is 2. The Labute approximate surface area is 101 Å². The number of aryl methyl sites for hydroxylation is 1. The largest absolute Gasteiger partial charge is 0.399 e. The van der Waals surface area contributed by atoms with Crippen molar-refractivity contribution in [1.29, 1.82) is 0 Å². The molecule has 1 aliphatic rings. The van der Waals surface area contributed by atoms with Crippen LogP contribution in [0.4, 0.5) is 11.4 Å². The SMILES string of the molecule is Cc1cc(NC(=O)C2(C)CCCO2)ccc1N. The van der Waals surface area contributed by atoms with E-state index in [9.17, 15) is 4.79 Å². The van der Waals surface area contributed by atoms with Crippen molar-refractivity contribution in [2.45, 2.75) is 32.3 Å². The third kappa shape index (κ3) is 2.42. The number of ether oxygens (including phenoxy) is 1. The number of anilines is 2. The summed E-state index contributed by atoms with van der Waals surface area (Å²) in [6.45, 7) is 4.41. The van der Waals surface area contributed by atoms with Gasteiger partial charge in [0, 0.05) is 18.0 Å². The van der Waals surface area contributed by atoms with Crippen molar-refractivity contribution < 1.29 is 9.53 Å². The lowest BCUT2D eigenvalue weighted by atomic mass is 10.0. The van der Waals surface area contributed by atoms with Gasteiger partial charge in [-0.1, -0.05) is 0 Å². The van der Waals surface area contributed by atoms with Crippen LogP contribution in [0.5, 0.6) is 0 Å². The van der Waals surface area contributed by atoms with E-state index in [-0.39, 0.29) is 5.91 Å². The van der Waals surface area contributed by atoms with Gasteiger partial charge < -0.3 is 15.8 Å². The van der Waals surface area contributed by atoms with Gasteiger partial charge in [0.25, 0.3) is 5.91 Å². The van der Waals surface area contributed by atoms with Gasteiger partial charge in [0.1, 0.15) is 5.60 Å². The van der Waals surface area contributed by atoms with E-state index in [2.05, 4.69) is 5.32 Å². The van der Waals surface area contributed by atoms with Crippen LogP contribution in [0.25, 0.3) is 0 Å². The van der Waals surface area contributed by atoms with Gasteiger partial charge in [-0.25, -0.2) is 0 Å². The molecule has 1 amide bonds. The number of nitrogen functional groups attached to an aromatic ring is 1. The molecule has 0 radical (unpaired) electrons. The topological polar surface area (TPSA) is 64.3 Å². The van der Waals surface area contributed by atoms with Gasteiger partial charge in [-0.15, -0.1) is 0 Å². The summed E-state index contributed by atoms with van der Waals surface area (Å²) in [6, 6.07) is 5.47. The summed E-state index contributed by atoms with van der Waals surface area (Å²) in [6.07, 6.45) is 1.71. The van der Waals surface area contributed by atoms with E-state index in [4.69, 9.17) is 10.5 Å². The van der Waals surface area contributed by atoms with Gasteiger partial charge in [-0.05, 0) is 50.5 Å². The van der Waals surface area contributed by atoms with E-state index < -0.39 is 5.60 Å². The smallest absolute Gasteiger partial charge is 0.256 e. The molecule has 4 heteroatoms. The number of amides is 1. The molecule has 92 valence electrons. The maximum Gasteiger partial charge on any atom is 0.256 e. The highest BCUT2D eigenvalue weighted by Gasteiger charge is 2.37. The molecule has 0 aliphatic carbocycles. The molecule has 1 unspecified atom stereocenters. The predicted molar refractivity (Wildman–Crippen MR) is 67.8 cm³/mol. The minimum absolute atomic E-state index is 0.0841. The summed E-state index contributed by atoms with van der Waals surface area (Å²) >= 11 is 0. The van der Waals surface area contributed by atoms with Gasteiger partial charge in [0.15, 0.2) is 0 Å². The number of hydrogen-bond donors (Lipinski definition) is 2. The zero-order chi connectivity index (χ0) is 12.5. The van der Waals surface area contributed by atoms with Crippen LogP contribution in [0, 0.1) is 6.92 Å². The van der Waals surface area contributed by atoms with Crippen LogP contribution in [-0.2, 0) is 9.53 Å². The molecule has 1 heterocycles. The van der Waals surface area contributed by atoms with E-state index in [1.54, 1.807) is 12.1 Å². The Morgan fingerprint density at radius 2 is 2.29 bits per heavy atom. The van der Waals surface area contributed by atoms with Crippen LogP contribution < -0.4 is 11.1 Å². The molecule has 2 rings (SSSR count). The Balaban J connectivity index is 2.10. The molecular weight excluding hydrogens is 216 g/mol. The minimum atomic E-state index is -0.685. The summed E-state index contributed by atoms with van der Waals surface area (Å²) in [4.78, 5) is 12.1. The summed E-state index contributed by atoms with van der Waals surface area (Å²) < 4.78 is 5.49. The maximum absolute atomic E-state index is 12.1. The van der Waals surface area contributed by atoms with Gasteiger partial charge in [0.2, 0.25) is 0 Å². The third-order valence-corrected chi connectivity index (χ3v) is 3.23. The highest BCUT2D eigenvalue weighted by molar-refractivity contribution is 5.97. The average molecular weight is 234 g/mol. The van der Waals surface area contributed by atoms with Gasteiger partial charge in [0.05, 0.1) is 0 Å². The number of nitrogens with one attached hydrogen (secondary N) is 1. The third-order valence-electron chi connectivity index (χ3n) is 3.23. The molecule has 1 aliphatic heterocycles. The van der Waals surface area contributed by atoms with Gasteiger partial charge in [-0.3, -0.25) is 4.79 Å². The van der Waals surface area contributed by atoms with E-state index >= 15 is 0 Å². The molecule has 0 bridgehead atoms. The quantitative estimate of drug-likeness (QED) is 0.770. The monoisotopic (exact) mass is 234 g/mol. The lowest BCUT2D eigenvalue weighted by Gasteiger charge is -2.22. The molecule has 0 saturated carbocycles. The Morgan fingerprint density at radius 3 is 2.88 bits per heavy atom. The van der Waals surface area contributed by atoms with Crippen LogP contribution >= 0.6 is 0 Å². The number of carbonyl (C=O) groups excluding carboxylic acids is 1. The first-order valence-corrected chi connectivity index (χ1v) is 5.83. The molecule has 3 N–H and O–H groups in total. The highest BCUT2D eigenvalue weighted by Crippen LogP contribution is 2.27. The Hall–Kier alpha value is -1.55. The Bertz CT molecular complexity index is 437. The molecule has 0 spiro atoms. The van der Waals surface area contributed by atoms with E-state index in [0.717, 1.165) is 29.8 Å². The second-order valence-corrected chi connectivity index (χ2v) is 4.71. The van der Waals surface area contributed by atoms with Crippen molar-refractivity contribution in [2.24, 2.45) is 0 Å². The summed E-state index contributed by atoms with van der Waals surface area (Å²) in [7, 11) is 0. The van der Waals surface area contributed by atoms with Crippen molar-refractivity contribution in [1.82, 2.24) is 0 Å².